The minimum atomic E-state index is -0.535. The van der Waals surface area contributed by atoms with E-state index in [1.165, 1.54) is 0 Å². The van der Waals surface area contributed by atoms with E-state index < -0.39 is 17.6 Å². The molecular formula is C15H21NO4. The number of benzene rings is 1. The van der Waals surface area contributed by atoms with Gasteiger partial charge in [-0.3, -0.25) is 4.79 Å². The highest BCUT2D eigenvalue weighted by atomic mass is 16.5. The van der Waals surface area contributed by atoms with Crippen LogP contribution in [0.4, 0.5) is 0 Å². The SMILES string of the molecule is CC(COc1ccc2c(c1)OC(C)(C)CC2O)C(N)=O. The number of ether oxygens (including phenoxy) is 2. The number of hydrogen-bond acceptors (Lipinski definition) is 4. The van der Waals surface area contributed by atoms with Gasteiger partial charge in [-0.1, -0.05) is 6.92 Å². The Kier molecular flexibility index (Phi) is 3.90. The van der Waals surface area contributed by atoms with Crippen molar-refractivity contribution in [3.63, 3.8) is 0 Å². The first-order valence-electron chi connectivity index (χ1n) is 6.71. The molecule has 2 atom stereocenters. The molecule has 0 bridgehead atoms. The predicted molar refractivity (Wildman–Crippen MR) is 74.6 cm³/mol. The number of primary amides is 1. The molecule has 0 aliphatic carbocycles. The second-order valence-corrected chi connectivity index (χ2v) is 5.90. The van der Waals surface area contributed by atoms with E-state index in [1.807, 2.05) is 13.8 Å². The first-order valence-corrected chi connectivity index (χ1v) is 6.71. The molecule has 20 heavy (non-hydrogen) atoms. The normalized spacial score (nSPS) is 21.5. The highest BCUT2D eigenvalue weighted by Crippen LogP contribution is 2.41. The summed E-state index contributed by atoms with van der Waals surface area (Å²) in [7, 11) is 0. The van der Waals surface area contributed by atoms with E-state index in [2.05, 4.69) is 0 Å². The van der Waals surface area contributed by atoms with Gasteiger partial charge in [-0.15, -0.1) is 0 Å². The number of carbonyl (C=O) groups is 1. The minimum absolute atomic E-state index is 0.222. The zero-order valence-electron chi connectivity index (χ0n) is 12.1. The van der Waals surface area contributed by atoms with E-state index in [1.54, 1.807) is 25.1 Å². The lowest BCUT2D eigenvalue weighted by atomic mass is 9.92. The van der Waals surface area contributed by atoms with Crippen molar-refractivity contribution in [2.75, 3.05) is 6.61 Å². The number of amides is 1. The molecule has 5 heteroatoms. The summed E-state index contributed by atoms with van der Waals surface area (Å²) in [6, 6.07) is 5.30. The zero-order chi connectivity index (χ0) is 14.9. The van der Waals surface area contributed by atoms with Crippen LogP contribution >= 0.6 is 0 Å². The van der Waals surface area contributed by atoms with Gasteiger partial charge in [0, 0.05) is 18.1 Å². The third-order valence-corrected chi connectivity index (χ3v) is 3.40. The standard InChI is InChI=1S/C15H21NO4/c1-9(14(16)18)8-19-10-4-5-11-12(17)7-15(2,3)20-13(11)6-10/h4-6,9,12,17H,7-8H2,1-3H3,(H2,16,18). The Hall–Kier alpha value is -1.75. The minimum Gasteiger partial charge on any atom is -0.493 e. The van der Waals surface area contributed by atoms with E-state index in [0.717, 1.165) is 5.56 Å². The van der Waals surface area contributed by atoms with Crippen molar-refractivity contribution in [1.82, 2.24) is 0 Å². The van der Waals surface area contributed by atoms with Crippen molar-refractivity contribution < 1.29 is 19.4 Å². The topological polar surface area (TPSA) is 81.8 Å². The fourth-order valence-electron chi connectivity index (χ4n) is 2.19. The second kappa shape index (κ2) is 5.32. The lowest BCUT2D eigenvalue weighted by molar-refractivity contribution is -0.122. The fraction of sp³-hybridized carbons (Fsp3) is 0.533. The fourth-order valence-corrected chi connectivity index (χ4v) is 2.19. The summed E-state index contributed by atoms with van der Waals surface area (Å²) in [5.41, 5.74) is 5.54. The third-order valence-electron chi connectivity index (χ3n) is 3.40. The summed E-state index contributed by atoms with van der Waals surface area (Å²) in [4.78, 5) is 11.0. The maximum absolute atomic E-state index is 11.0. The van der Waals surface area contributed by atoms with Crippen LogP contribution in [0.25, 0.3) is 0 Å². The number of nitrogens with two attached hydrogens (primary N) is 1. The van der Waals surface area contributed by atoms with E-state index in [-0.39, 0.29) is 12.5 Å². The lowest BCUT2D eigenvalue weighted by Crippen LogP contribution is -2.34. The van der Waals surface area contributed by atoms with Crippen molar-refractivity contribution in [2.24, 2.45) is 11.7 Å². The maximum atomic E-state index is 11.0. The molecule has 5 nitrogen and oxygen atoms in total. The monoisotopic (exact) mass is 279 g/mol. The lowest BCUT2D eigenvalue weighted by Gasteiger charge is -2.35. The van der Waals surface area contributed by atoms with Gasteiger partial charge in [0.2, 0.25) is 5.91 Å². The molecule has 0 saturated carbocycles. The molecule has 1 aliphatic rings. The second-order valence-electron chi connectivity index (χ2n) is 5.90. The molecule has 0 fully saturated rings. The molecular weight excluding hydrogens is 258 g/mol. The summed E-state index contributed by atoms with van der Waals surface area (Å²) in [5.74, 6) is 0.476. The molecule has 0 aromatic heterocycles. The van der Waals surface area contributed by atoms with Gasteiger partial charge in [-0.2, -0.15) is 0 Å². The molecule has 3 N–H and O–H groups in total. The van der Waals surface area contributed by atoms with Crippen LogP contribution in [0.1, 0.15) is 38.9 Å². The maximum Gasteiger partial charge on any atom is 0.223 e. The average Bonchev–Trinajstić information content (AvgIpc) is 2.33. The van der Waals surface area contributed by atoms with Gasteiger partial charge in [0.05, 0.1) is 18.6 Å². The Morgan fingerprint density at radius 3 is 2.95 bits per heavy atom. The molecule has 1 aliphatic heterocycles. The molecule has 1 heterocycles. The van der Waals surface area contributed by atoms with Crippen molar-refractivity contribution in [2.45, 2.75) is 38.9 Å². The Balaban J connectivity index is 2.13. The summed E-state index contributed by atoms with van der Waals surface area (Å²) in [6.07, 6.45) is 0.0196. The van der Waals surface area contributed by atoms with Gasteiger partial charge in [0.25, 0.3) is 0 Å². The van der Waals surface area contributed by atoms with E-state index in [9.17, 15) is 9.90 Å². The average molecular weight is 279 g/mol. The van der Waals surface area contributed by atoms with Gasteiger partial charge in [0.15, 0.2) is 0 Å². The Bertz CT molecular complexity index is 513. The number of aliphatic hydroxyl groups is 1. The molecule has 2 rings (SSSR count). The molecule has 1 amide bonds. The Morgan fingerprint density at radius 2 is 2.30 bits per heavy atom. The van der Waals surface area contributed by atoms with Crippen LogP contribution in [0.5, 0.6) is 11.5 Å². The van der Waals surface area contributed by atoms with Crippen LogP contribution in [0, 0.1) is 5.92 Å². The number of aliphatic hydroxyl groups excluding tert-OH is 1. The van der Waals surface area contributed by atoms with Crippen LogP contribution in [-0.2, 0) is 4.79 Å². The largest absolute Gasteiger partial charge is 0.493 e. The molecule has 1 aromatic rings. The summed E-state index contributed by atoms with van der Waals surface area (Å²) in [6.45, 7) is 5.80. The van der Waals surface area contributed by atoms with Crippen LogP contribution in [0.3, 0.4) is 0 Å². The van der Waals surface area contributed by atoms with Crippen molar-refractivity contribution in [3.05, 3.63) is 23.8 Å². The molecule has 0 saturated heterocycles. The van der Waals surface area contributed by atoms with E-state index >= 15 is 0 Å². The van der Waals surface area contributed by atoms with Crippen molar-refractivity contribution in [1.29, 1.82) is 0 Å². The van der Waals surface area contributed by atoms with Crippen molar-refractivity contribution >= 4 is 5.91 Å². The summed E-state index contributed by atoms with van der Waals surface area (Å²) < 4.78 is 11.4. The van der Waals surface area contributed by atoms with E-state index in [0.29, 0.717) is 17.9 Å². The number of fused-ring (bicyclic) bond motifs is 1. The molecule has 0 spiro atoms. The smallest absolute Gasteiger partial charge is 0.223 e. The predicted octanol–water partition coefficient (Wildman–Crippen LogP) is 1.78. The van der Waals surface area contributed by atoms with Gasteiger partial charge < -0.3 is 20.3 Å². The molecule has 110 valence electrons. The third kappa shape index (κ3) is 3.22. The summed E-state index contributed by atoms with van der Waals surface area (Å²) in [5, 5.41) is 10.1. The highest BCUT2D eigenvalue weighted by molar-refractivity contribution is 5.76. The van der Waals surface area contributed by atoms with Crippen LogP contribution in [0.15, 0.2) is 18.2 Å². The number of carbonyl (C=O) groups excluding carboxylic acids is 1. The number of rotatable bonds is 4. The van der Waals surface area contributed by atoms with Crippen LogP contribution in [-0.4, -0.2) is 23.2 Å². The first-order chi connectivity index (χ1) is 9.28. The van der Waals surface area contributed by atoms with Gasteiger partial charge in [-0.25, -0.2) is 0 Å². The van der Waals surface area contributed by atoms with Crippen LogP contribution < -0.4 is 15.2 Å². The van der Waals surface area contributed by atoms with Crippen molar-refractivity contribution in [3.8, 4) is 11.5 Å². The Morgan fingerprint density at radius 1 is 1.60 bits per heavy atom. The van der Waals surface area contributed by atoms with Gasteiger partial charge in [0.1, 0.15) is 17.1 Å². The zero-order valence-corrected chi connectivity index (χ0v) is 12.1. The van der Waals surface area contributed by atoms with E-state index in [4.69, 9.17) is 15.2 Å². The molecule has 0 radical (unpaired) electrons. The summed E-state index contributed by atoms with van der Waals surface area (Å²) >= 11 is 0. The number of hydrogen-bond donors (Lipinski definition) is 2. The van der Waals surface area contributed by atoms with Gasteiger partial charge >= 0.3 is 0 Å². The van der Waals surface area contributed by atoms with Gasteiger partial charge in [-0.05, 0) is 26.0 Å². The Labute approximate surface area is 118 Å². The quantitative estimate of drug-likeness (QED) is 0.880. The molecule has 1 aromatic carbocycles. The first kappa shape index (κ1) is 14.7. The highest BCUT2D eigenvalue weighted by Gasteiger charge is 2.32. The van der Waals surface area contributed by atoms with Crippen LogP contribution in [0.2, 0.25) is 0 Å². The molecule has 2 unspecified atom stereocenters.